The molecular formula is C27H32Cl2FN3S2. The molecule has 1 N–H and O–H groups in total. The predicted octanol–water partition coefficient (Wildman–Crippen LogP) is 7.38. The van der Waals surface area contributed by atoms with E-state index in [1.54, 1.807) is 12.1 Å². The molecule has 188 valence electrons. The number of hydrogen-bond donors (Lipinski definition) is 1. The second-order valence-electron chi connectivity index (χ2n) is 9.28. The summed E-state index contributed by atoms with van der Waals surface area (Å²) in [5.41, 5.74) is 3.40. The van der Waals surface area contributed by atoms with Gasteiger partial charge in [0.25, 0.3) is 0 Å². The molecule has 2 aromatic carbocycles. The van der Waals surface area contributed by atoms with Gasteiger partial charge < -0.3 is 10.2 Å². The number of nitrogens with zero attached hydrogens (tertiary/aromatic N) is 2. The van der Waals surface area contributed by atoms with Crippen molar-refractivity contribution in [3.05, 3.63) is 76.4 Å². The van der Waals surface area contributed by atoms with E-state index in [-0.39, 0.29) is 30.6 Å². The lowest BCUT2D eigenvalue weighted by Gasteiger charge is -2.36. The second kappa shape index (κ2) is 12.6. The zero-order chi connectivity index (χ0) is 22.8. The van der Waals surface area contributed by atoms with Crippen LogP contribution in [0, 0.1) is 11.7 Å². The Morgan fingerprint density at radius 2 is 1.94 bits per heavy atom. The monoisotopic (exact) mass is 551 g/mol. The van der Waals surface area contributed by atoms with Gasteiger partial charge in [-0.25, -0.2) is 9.38 Å². The minimum Gasteiger partial charge on any atom is -0.353 e. The van der Waals surface area contributed by atoms with Crippen molar-refractivity contribution in [3.63, 3.8) is 0 Å². The number of rotatable bonds is 5. The van der Waals surface area contributed by atoms with E-state index >= 15 is 0 Å². The van der Waals surface area contributed by atoms with Crippen molar-refractivity contribution in [2.45, 2.75) is 48.3 Å². The van der Waals surface area contributed by atoms with Crippen LogP contribution in [0.2, 0.25) is 0 Å². The third-order valence-electron chi connectivity index (χ3n) is 6.12. The van der Waals surface area contributed by atoms with Crippen molar-refractivity contribution in [2.24, 2.45) is 10.9 Å². The molecular weight excluding hydrogens is 520 g/mol. The number of aryl methyl sites for hydroxylation is 1. The van der Waals surface area contributed by atoms with Gasteiger partial charge in [-0.15, -0.1) is 36.2 Å². The van der Waals surface area contributed by atoms with Crippen LogP contribution in [-0.4, -0.2) is 36.4 Å². The number of hydrogen-bond acceptors (Lipinski definition) is 5. The fourth-order valence-electron chi connectivity index (χ4n) is 4.55. The van der Waals surface area contributed by atoms with E-state index in [1.807, 2.05) is 29.2 Å². The Morgan fingerprint density at radius 1 is 1.11 bits per heavy atom. The molecule has 0 unspecified atom stereocenters. The number of nitrogens with one attached hydrogen (secondary N) is 1. The van der Waals surface area contributed by atoms with E-state index in [4.69, 9.17) is 4.99 Å². The van der Waals surface area contributed by atoms with E-state index in [2.05, 4.69) is 54.4 Å². The summed E-state index contributed by atoms with van der Waals surface area (Å²) in [7, 11) is 0. The zero-order valence-electron chi connectivity index (χ0n) is 20.0. The molecule has 1 atom stereocenters. The summed E-state index contributed by atoms with van der Waals surface area (Å²) < 4.78 is 14.9. The van der Waals surface area contributed by atoms with Crippen LogP contribution >= 0.6 is 47.9 Å². The summed E-state index contributed by atoms with van der Waals surface area (Å²) in [6.07, 6.45) is 2.95. The van der Waals surface area contributed by atoms with Gasteiger partial charge in [-0.3, -0.25) is 0 Å². The van der Waals surface area contributed by atoms with Crippen LogP contribution < -0.4 is 5.32 Å². The molecule has 0 aliphatic carbocycles. The molecule has 0 bridgehead atoms. The fourth-order valence-corrected chi connectivity index (χ4v) is 7.23. The quantitative estimate of drug-likeness (QED) is 0.358. The SMILES string of the molecule is CC(C)Cc1cc2c(s1)Sc1ccccc1N=C2N1CCN[C@@H](CCc2cccc(F)c2)C1.Cl.Cl. The van der Waals surface area contributed by atoms with Crippen LogP contribution in [0.15, 0.2) is 68.7 Å². The molecule has 3 nitrogen and oxygen atoms in total. The molecule has 2 aliphatic rings. The van der Waals surface area contributed by atoms with Gasteiger partial charge in [-0.1, -0.05) is 49.9 Å². The van der Waals surface area contributed by atoms with Crippen molar-refractivity contribution in [3.8, 4) is 0 Å². The largest absolute Gasteiger partial charge is 0.353 e. The van der Waals surface area contributed by atoms with Gasteiger partial charge in [0.05, 0.1) is 9.90 Å². The molecule has 2 aliphatic heterocycles. The lowest BCUT2D eigenvalue weighted by molar-refractivity contribution is 0.282. The predicted molar refractivity (Wildman–Crippen MR) is 152 cm³/mol. The van der Waals surface area contributed by atoms with E-state index in [1.165, 1.54) is 25.6 Å². The van der Waals surface area contributed by atoms with E-state index in [0.717, 1.165) is 56.0 Å². The highest BCUT2D eigenvalue weighted by Crippen LogP contribution is 2.45. The maximum atomic E-state index is 13.6. The number of amidine groups is 1. The molecule has 0 amide bonds. The summed E-state index contributed by atoms with van der Waals surface area (Å²) in [6, 6.07) is 18.2. The lowest BCUT2D eigenvalue weighted by Crippen LogP contribution is -2.52. The Kier molecular flexibility index (Phi) is 10.1. The molecule has 1 fully saturated rings. The smallest absolute Gasteiger partial charge is 0.138 e. The highest BCUT2D eigenvalue weighted by atomic mass is 35.5. The number of para-hydroxylation sites is 1. The van der Waals surface area contributed by atoms with Gasteiger partial charge in [0.1, 0.15) is 11.7 Å². The summed E-state index contributed by atoms with van der Waals surface area (Å²) in [6.45, 7) is 7.34. The number of fused-ring (bicyclic) bond motifs is 2. The van der Waals surface area contributed by atoms with Gasteiger partial charge in [0.2, 0.25) is 0 Å². The standard InChI is InChI=1S/C27H30FN3S2.2ClH/c1-18(2)14-22-16-23-26(30-24-8-3-4-9-25(24)33-27(23)32-22)31-13-12-29-21(17-31)11-10-19-6-5-7-20(28)15-19;;/h3-9,15-16,18,21,29H,10-14,17H2,1-2H3;2*1H/t21-;;/m0../s1. The van der Waals surface area contributed by atoms with Gasteiger partial charge >= 0.3 is 0 Å². The first-order valence-electron chi connectivity index (χ1n) is 11.8. The van der Waals surface area contributed by atoms with Crippen LogP contribution in [0.1, 0.15) is 36.3 Å². The maximum Gasteiger partial charge on any atom is 0.138 e. The highest BCUT2D eigenvalue weighted by Gasteiger charge is 2.28. The fraction of sp³-hybridized carbons (Fsp3) is 0.370. The van der Waals surface area contributed by atoms with Crippen molar-refractivity contribution < 1.29 is 4.39 Å². The topological polar surface area (TPSA) is 27.6 Å². The molecule has 0 radical (unpaired) electrons. The number of halogens is 3. The molecule has 5 rings (SSSR count). The molecule has 1 saturated heterocycles. The first-order valence-corrected chi connectivity index (χ1v) is 13.4. The highest BCUT2D eigenvalue weighted by molar-refractivity contribution is 8.01. The maximum absolute atomic E-state index is 13.6. The van der Waals surface area contributed by atoms with Crippen LogP contribution in [0.3, 0.4) is 0 Å². The zero-order valence-corrected chi connectivity index (χ0v) is 23.3. The average molecular weight is 553 g/mol. The number of piperazine rings is 1. The third kappa shape index (κ3) is 6.80. The Balaban J connectivity index is 0.00000171. The van der Waals surface area contributed by atoms with Crippen molar-refractivity contribution in [2.75, 3.05) is 19.6 Å². The molecule has 0 saturated carbocycles. The molecule has 1 aromatic heterocycles. The number of benzene rings is 2. The van der Waals surface area contributed by atoms with Gasteiger partial charge in [-0.05, 0) is 61.1 Å². The second-order valence-corrected chi connectivity index (χ2v) is 11.7. The van der Waals surface area contributed by atoms with Gasteiger partial charge in [0.15, 0.2) is 0 Å². The summed E-state index contributed by atoms with van der Waals surface area (Å²) in [5, 5.41) is 3.67. The van der Waals surface area contributed by atoms with Crippen molar-refractivity contribution in [1.29, 1.82) is 0 Å². The van der Waals surface area contributed by atoms with E-state index in [9.17, 15) is 4.39 Å². The van der Waals surface area contributed by atoms with Crippen LogP contribution in [0.25, 0.3) is 0 Å². The van der Waals surface area contributed by atoms with Gasteiger partial charge in [-0.2, -0.15) is 0 Å². The van der Waals surface area contributed by atoms with Gasteiger partial charge in [0, 0.05) is 41.0 Å². The van der Waals surface area contributed by atoms with Crippen molar-refractivity contribution in [1.82, 2.24) is 10.2 Å². The first kappa shape index (κ1) is 28.0. The summed E-state index contributed by atoms with van der Waals surface area (Å²) >= 11 is 3.78. The van der Waals surface area contributed by atoms with Crippen LogP contribution in [0.4, 0.5) is 10.1 Å². The first-order chi connectivity index (χ1) is 16.0. The van der Waals surface area contributed by atoms with Crippen LogP contribution in [0.5, 0.6) is 0 Å². The summed E-state index contributed by atoms with van der Waals surface area (Å²) in [5.74, 6) is 1.58. The van der Waals surface area contributed by atoms with Crippen molar-refractivity contribution >= 4 is 59.4 Å². The Hall–Kier alpha value is -1.57. The lowest BCUT2D eigenvalue weighted by atomic mass is 10.0. The number of thiophene rings is 1. The molecule has 0 spiro atoms. The molecule has 3 aromatic rings. The molecule has 35 heavy (non-hydrogen) atoms. The molecule has 8 heteroatoms. The third-order valence-corrected chi connectivity index (χ3v) is 8.54. The minimum atomic E-state index is -0.156. The van der Waals surface area contributed by atoms with E-state index in [0.29, 0.717) is 12.0 Å². The minimum absolute atomic E-state index is 0. The normalized spacial score (nSPS) is 17.0. The molecule has 3 heterocycles. The Bertz CT molecular complexity index is 1160. The summed E-state index contributed by atoms with van der Waals surface area (Å²) in [4.78, 5) is 10.3. The Morgan fingerprint density at radius 3 is 2.74 bits per heavy atom. The Labute approximate surface area is 228 Å². The number of aliphatic imine (C=N–C) groups is 1. The average Bonchev–Trinajstić information content (AvgIpc) is 3.11. The van der Waals surface area contributed by atoms with E-state index < -0.39 is 0 Å². The van der Waals surface area contributed by atoms with Crippen LogP contribution in [-0.2, 0) is 12.8 Å².